The third-order valence-corrected chi connectivity index (χ3v) is 4.97. The molecule has 3 aromatic rings. The van der Waals surface area contributed by atoms with Gasteiger partial charge in [0.05, 0.1) is 18.5 Å². The van der Waals surface area contributed by atoms with E-state index in [0.29, 0.717) is 27.0 Å². The van der Waals surface area contributed by atoms with Crippen LogP contribution in [-0.4, -0.2) is 27.4 Å². The molecule has 5 nitrogen and oxygen atoms in total. The topological polar surface area (TPSA) is 71.7 Å². The van der Waals surface area contributed by atoms with E-state index >= 15 is 0 Å². The molecule has 0 atom stereocenters. The molecule has 2 aromatic heterocycles. The number of phenols is 1. The molecule has 0 aliphatic carbocycles. The minimum Gasteiger partial charge on any atom is -0.505 e. The highest BCUT2D eigenvalue weighted by Crippen LogP contribution is 2.34. The summed E-state index contributed by atoms with van der Waals surface area (Å²) in [5.41, 5.74) is 1.47. The first kappa shape index (κ1) is 18.1. The van der Waals surface area contributed by atoms with Crippen molar-refractivity contribution in [1.29, 1.82) is 0 Å². The maximum absolute atomic E-state index is 13.8. The van der Waals surface area contributed by atoms with Crippen molar-refractivity contribution in [3.8, 4) is 10.8 Å². The van der Waals surface area contributed by atoms with Crippen LogP contribution < -0.4 is 4.74 Å². The second-order valence-electron chi connectivity index (χ2n) is 5.64. The summed E-state index contributed by atoms with van der Waals surface area (Å²) >= 11 is 1.02. The molecule has 0 aliphatic heterocycles. The van der Waals surface area contributed by atoms with Crippen LogP contribution in [0, 0.1) is 12.7 Å². The third-order valence-electron chi connectivity index (χ3n) is 4.01. The zero-order valence-corrected chi connectivity index (χ0v) is 14.3. The number of alkyl halides is 2. The van der Waals surface area contributed by atoms with E-state index in [2.05, 4.69) is 4.74 Å². The quantitative estimate of drug-likeness (QED) is 0.669. The first-order valence-electron chi connectivity index (χ1n) is 7.51. The smallest absolute Gasteiger partial charge is 0.388 e. The highest BCUT2D eigenvalue weighted by Gasteiger charge is 2.19. The highest BCUT2D eigenvalue weighted by atomic mass is 32.1. The maximum atomic E-state index is 13.8. The van der Waals surface area contributed by atoms with Crippen molar-refractivity contribution in [3.63, 3.8) is 0 Å². The zero-order valence-electron chi connectivity index (χ0n) is 13.5. The van der Waals surface area contributed by atoms with E-state index in [4.69, 9.17) is 5.11 Å². The zero-order chi connectivity index (χ0) is 19.0. The van der Waals surface area contributed by atoms with Gasteiger partial charge < -0.3 is 19.5 Å². The molecule has 0 unspecified atom stereocenters. The van der Waals surface area contributed by atoms with Crippen molar-refractivity contribution in [3.05, 3.63) is 46.2 Å². The van der Waals surface area contributed by atoms with Crippen LogP contribution in [-0.2, 0) is 17.8 Å². The van der Waals surface area contributed by atoms with Crippen molar-refractivity contribution in [2.24, 2.45) is 0 Å². The van der Waals surface area contributed by atoms with Crippen molar-refractivity contribution in [2.45, 2.75) is 26.5 Å². The fraction of sp³-hybridized carbons (Fsp3) is 0.235. The van der Waals surface area contributed by atoms with E-state index in [0.717, 1.165) is 17.4 Å². The van der Waals surface area contributed by atoms with E-state index in [1.807, 2.05) is 0 Å². The lowest BCUT2D eigenvalue weighted by atomic mass is 10.1. The van der Waals surface area contributed by atoms with Gasteiger partial charge in [0.1, 0.15) is 0 Å². The highest BCUT2D eigenvalue weighted by molar-refractivity contribution is 7.13. The molecular weight excluding hydrogens is 371 g/mol. The molecule has 2 heterocycles. The molecule has 0 saturated carbocycles. The lowest BCUT2D eigenvalue weighted by Crippen LogP contribution is -2.04. The van der Waals surface area contributed by atoms with Crippen LogP contribution in [0.3, 0.4) is 0 Å². The minimum absolute atomic E-state index is 0.0544. The summed E-state index contributed by atoms with van der Waals surface area (Å²) in [7, 11) is 0. The molecule has 0 fully saturated rings. The third kappa shape index (κ3) is 3.48. The van der Waals surface area contributed by atoms with Crippen LogP contribution in [0.5, 0.6) is 10.8 Å². The summed E-state index contributed by atoms with van der Waals surface area (Å²) in [5.74, 6) is -2.45. The van der Waals surface area contributed by atoms with Gasteiger partial charge in [-0.2, -0.15) is 8.78 Å². The summed E-state index contributed by atoms with van der Waals surface area (Å²) < 4.78 is 44.5. The van der Waals surface area contributed by atoms with Gasteiger partial charge in [0.2, 0.25) is 0 Å². The normalized spacial score (nSPS) is 11.4. The Labute approximate surface area is 149 Å². The number of rotatable bonds is 6. The Hall–Kier alpha value is -2.68. The van der Waals surface area contributed by atoms with E-state index < -0.39 is 24.1 Å². The molecule has 0 radical (unpaired) electrons. The van der Waals surface area contributed by atoms with Gasteiger partial charge in [-0.05, 0) is 30.7 Å². The van der Waals surface area contributed by atoms with Gasteiger partial charge in [-0.15, -0.1) is 11.3 Å². The molecule has 26 heavy (non-hydrogen) atoms. The number of ether oxygens (including phenoxy) is 1. The Bertz CT molecular complexity index is 980. The summed E-state index contributed by atoms with van der Waals surface area (Å²) in [6.07, 6.45) is -0.287. The molecule has 9 heteroatoms. The predicted octanol–water partition coefficient (Wildman–Crippen LogP) is 4.13. The molecule has 1 aromatic carbocycles. The van der Waals surface area contributed by atoms with Gasteiger partial charge in [0, 0.05) is 22.0 Å². The number of halogens is 3. The fourth-order valence-corrected chi connectivity index (χ4v) is 3.73. The predicted molar refractivity (Wildman–Crippen MR) is 89.7 cm³/mol. The number of nitrogens with zero attached hydrogens (tertiary/aromatic N) is 1. The van der Waals surface area contributed by atoms with Crippen LogP contribution in [0.25, 0.3) is 10.9 Å². The maximum Gasteiger partial charge on any atom is 0.388 e. The van der Waals surface area contributed by atoms with Crippen molar-refractivity contribution >= 4 is 28.2 Å². The molecule has 0 spiro atoms. The van der Waals surface area contributed by atoms with Crippen LogP contribution in [0.15, 0.2) is 24.3 Å². The Morgan fingerprint density at radius 3 is 2.73 bits per heavy atom. The number of thiophene rings is 1. The van der Waals surface area contributed by atoms with Crippen molar-refractivity contribution in [1.82, 2.24) is 4.57 Å². The first-order valence-corrected chi connectivity index (χ1v) is 8.33. The average molecular weight is 385 g/mol. The number of aromatic hydroxyl groups is 1. The standard InChI is InChI=1S/C17H14F3NO4S/c1-8-10(5-15(23)24)11-4-14(22)12(18)6-13(11)21(8)7-9-2-3-16(26-9)25-17(19)20/h2-4,6,17,22H,5,7H2,1H3,(H,23,24). The second-order valence-corrected chi connectivity index (χ2v) is 6.77. The van der Waals surface area contributed by atoms with Crippen molar-refractivity contribution < 1.29 is 32.9 Å². The summed E-state index contributed by atoms with van der Waals surface area (Å²) in [5, 5.41) is 19.3. The minimum atomic E-state index is -2.92. The fourth-order valence-electron chi connectivity index (χ4n) is 2.88. The largest absolute Gasteiger partial charge is 0.505 e. The number of phenolic OH excluding ortho intramolecular Hbond substituents is 1. The van der Waals surface area contributed by atoms with Crippen molar-refractivity contribution in [2.75, 3.05) is 0 Å². The Morgan fingerprint density at radius 1 is 1.35 bits per heavy atom. The lowest BCUT2D eigenvalue weighted by Gasteiger charge is -2.07. The molecular formula is C17H14F3NO4S. The SMILES string of the molecule is Cc1c(CC(=O)O)c2cc(O)c(F)cc2n1Cc1ccc(OC(F)F)s1. The summed E-state index contributed by atoms with van der Waals surface area (Å²) in [4.78, 5) is 11.8. The number of carboxylic acids is 1. The van der Waals surface area contributed by atoms with Gasteiger partial charge in [-0.3, -0.25) is 4.79 Å². The molecule has 138 valence electrons. The Balaban J connectivity index is 2.07. The monoisotopic (exact) mass is 385 g/mol. The number of hydrogen-bond donors (Lipinski definition) is 2. The van der Waals surface area contributed by atoms with Crippen LogP contribution in [0.1, 0.15) is 16.1 Å². The van der Waals surface area contributed by atoms with Crippen LogP contribution in [0.2, 0.25) is 0 Å². The number of aliphatic carboxylic acids is 1. The molecule has 2 N–H and O–H groups in total. The van der Waals surface area contributed by atoms with Gasteiger partial charge in [0.25, 0.3) is 0 Å². The number of fused-ring (bicyclic) bond motifs is 1. The Morgan fingerprint density at radius 2 is 2.08 bits per heavy atom. The van der Waals surface area contributed by atoms with E-state index in [1.54, 1.807) is 17.6 Å². The number of carbonyl (C=O) groups is 1. The molecule has 0 aliphatic rings. The molecule has 0 bridgehead atoms. The molecule has 0 amide bonds. The average Bonchev–Trinajstić information content (AvgIpc) is 3.06. The van der Waals surface area contributed by atoms with Gasteiger partial charge in [0.15, 0.2) is 16.6 Å². The summed E-state index contributed by atoms with van der Waals surface area (Å²) in [6.45, 7) is -1.00. The summed E-state index contributed by atoms with van der Waals surface area (Å²) in [6, 6.07) is 5.36. The van der Waals surface area contributed by atoms with Gasteiger partial charge >= 0.3 is 12.6 Å². The number of aromatic nitrogens is 1. The second kappa shape index (κ2) is 6.91. The van der Waals surface area contributed by atoms with Crippen LogP contribution in [0.4, 0.5) is 13.2 Å². The van der Waals surface area contributed by atoms with E-state index in [1.165, 1.54) is 12.1 Å². The van der Waals surface area contributed by atoms with E-state index in [9.17, 15) is 23.1 Å². The number of hydrogen-bond acceptors (Lipinski definition) is 4. The lowest BCUT2D eigenvalue weighted by molar-refractivity contribution is -0.136. The molecule has 3 rings (SSSR count). The molecule has 0 saturated heterocycles. The van der Waals surface area contributed by atoms with Gasteiger partial charge in [-0.25, -0.2) is 4.39 Å². The van der Waals surface area contributed by atoms with Crippen LogP contribution >= 0.6 is 11.3 Å². The van der Waals surface area contributed by atoms with Gasteiger partial charge in [-0.1, -0.05) is 0 Å². The Kier molecular flexibility index (Phi) is 4.82. The number of carboxylic acid groups (broad SMARTS) is 1. The van der Waals surface area contributed by atoms with E-state index in [-0.39, 0.29) is 18.0 Å². The first-order chi connectivity index (χ1) is 12.3. The number of benzene rings is 1.